The molecular weight excluding hydrogens is 446 g/mol. The summed E-state index contributed by atoms with van der Waals surface area (Å²) in [6, 6.07) is 19.3. The lowest BCUT2D eigenvalue weighted by atomic mass is 10.1. The molecule has 1 N–H and O–H groups in total. The van der Waals surface area contributed by atoms with Crippen LogP contribution in [0.4, 0.5) is 11.4 Å². The zero-order chi connectivity index (χ0) is 23.1. The van der Waals surface area contributed by atoms with Crippen molar-refractivity contribution < 1.29 is 19.7 Å². The molecule has 0 aliphatic carbocycles. The van der Waals surface area contributed by atoms with Gasteiger partial charge in [-0.25, -0.2) is 4.98 Å². The first-order valence-corrected chi connectivity index (χ1v) is 10.4. The minimum absolute atomic E-state index is 0.0689. The molecule has 0 saturated carbocycles. The largest absolute Gasteiger partial charge is 0.507 e. The molecule has 9 nitrogen and oxygen atoms in total. The predicted molar refractivity (Wildman–Crippen MR) is 124 cm³/mol. The molecule has 0 radical (unpaired) electrons. The number of aromatic nitrogens is 1. The van der Waals surface area contributed by atoms with Crippen LogP contribution in [-0.4, -0.2) is 19.9 Å². The van der Waals surface area contributed by atoms with E-state index in [0.29, 0.717) is 21.3 Å². The normalized spacial score (nSPS) is 11.0. The number of hydrogen-bond acceptors (Lipinski definition) is 8. The highest BCUT2D eigenvalue weighted by Gasteiger charge is 2.21. The standard InChI is InChI=1S/C23H13N3O6S/c27-22-16-9-7-15(32-20-10-6-14(25(28)29)12-19(20)26(30)31)11-13(16)5-8-17(22)23-24-18-3-1-2-4-21(18)33-23/h1-12,27H. The van der Waals surface area contributed by atoms with Gasteiger partial charge < -0.3 is 9.84 Å². The number of phenolic OH excluding ortho intramolecular Hbond substituents is 1. The number of thiazole rings is 1. The Labute approximate surface area is 189 Å². The molecule has 0 fully saturated rings. The lowest BCUT2D eigenvalue weighted by molar-refractivity contribution is -0.394. The molecule has 5 aromatic rings. The van der Waals surface area contributed by atoms with Crippen molar-refractivity contribution >= 4 is 43.7 Å². The number of nitro benzene ring substituents is 2. The van der Waals surface area contributed by atoms with Gasteiger partial charge in [-0.1, -0.05) is 18.2 Å². The van der Waals surface area contributed by atoms with Gasteiger partial charge in [-0.05, 0) is 47.9 Å². The van der Waals surface area contributed by atoms with Crippen LogP contribution in [0.3, 0.4) is 0 Å². The third-order valence-corrected chi connectivity index (χ3v) is 6.13. The quantitative estimate of drug-likeness (QED) is 0.237. The minimum Gasteiger partial charge on any atom is -0.507 e. The number of para-hydroxylation sites is 1. The first-order chi connectivity index (χ1) is 15.9. The first kappa shape index (κ1) is 20.3. The van der Waals surface area contributed by atoms with Crippen LogP contribution >= 0.6 is 11.3 Å². The predicted octanol–water partition coefficient (Wildman–Crippen LogP) is 6.43. The maximum Gasteiger partial charge on any atom is 0.318 e. The maximum absolute atomic E-state index is 11.3. The molecule has 0 amide bonds. The number of phenols is 1. The Kier molecular flexibility index (Phi) is 4.83. The van der Waals surface area contributed by atoms with Crippen LogP contribution in [0.5, 0.6) is 17.2 Å². The number of non-ortho nitro benzene ring substituents is 1. The van der Waals surface area contributed by atoms with E-state index in [9.17, 15) is 25.3 Å². The summed E-state index contributed by atoms with van der Waals surface area (Å²) in [4.78, 5) is 25.4. The zero-order valence-corrected chi connectivity index (χ0v) is 17.5. The summed E-state index contributed by atoms with van der Waals surface area (Å²) in [5.41, 5.74) is 0.534. The molecule has 4 aromatic carbocycles. The maximum atomic E-state index is 11.3. The van der Waals surface area contributed by atoms with E-state index in [0.717, 1.165) is 22.3 Å². The van der Waals surface area contributed by atoms with Gasteiger partial charge in [0.1, 0.15) is 16.5 Å². The number of nitro groups is 2. The molecular formula is C23H13N3O6S. The Hall–Kier alpha value is -4.57. The van der Waals surface area contributed by atoms with Gasteiger partial charge in [-0.15, -0.1) is 11.3 Å². The molecule has 162 valence electrons. The van der Waals surface area contributed by atoms with E-state index < -0.39 is 21.2 Å². The Morgan fingerprint density at radius 2 is 1.73 bits per heavy atom. The lowest BCUT2D eigenvalue weighted by Crippen LogP contribution is -1.96. The minimum atomic E-state index is -0.737. The fraction of sp³-hybridized carbons (Fsp3) is 0. The van der Waals surface area contributed by atoms with E-state index in [1.54, 1.807) is 30.3 Å². The van der Waals surface area contributed by atoms with Gasteiger partial charge in [0, 0.05) is 11.5 Å². The van der Waals surface area contributed by atoms with E-state index >= 15 is 0 Å². The Balaban J connectivity index is 1.52. The third-order valence-electron chi connectivity index (χ3n) is 5.06. The molecule has 0 unspecified atom stereocenters. The molecule has 0 aliphatic rings. The van der Waals surface area contributed by atoms with Crippen molar-refractivity contribution in [3.8, 4) is 27.8 Å². The number of fused-ring (bicyclic) bond motifs is 2. The summed E-state index contributed by atoms with van der Waals surface area (Å²) in [6.07, 6.45) is 0. The average Bonchev–Trinajstić information content (AvgIpc) is 3.23. The van der Waals surface area contributed by atoms with Crippen molar-refractivity contribution in [1.29, 1.82) is 0 Å². The molecule has 1 heterocycles. The SMILES string of the molecule is O=[N+]([O-])c1ccc(Oc2ccc3c(O)c(-c4nc5ccccc5s4)ccc3c2)c([N+](=O)[O-])c1. The monoisotopic (exact) mass is 459 g/mol. The van der Waals surface area contributed by atoms with Crippen LogP contribution in [0.25, 0.3) is 31.6 Å². The van der Waals surface area contributed by atoms with Crippen LogP contribution in [0, 0.1) is 20.2 Å². The number of nitrogens with zero attached hydrogens (tertiary/aromatic N) is 3. The second kappa shape index (κ2) is 7.84. The average molecular weight is 459 g/mol. The van der Waals surface area contributed by atoms with Crippen molar-refractivity contribution in [2.24, 2.45) is 0 Å². The Morgan fingerprint density at radius 3 is 2.48 bits per heavy atom. The lowest BCUT2D eigenvalue weighted by Gasteiger charge is -2.10. The number of benzene rings is 4. The molecule has 10 heteroatoms. The molecule has 0 saturated heterocycles. The van der Waals surface area contributed by atoms with Crippen molar-refractivity contribution in [2.45, 2.75) is 0 Å². The van der Waals surface area contributed by atoms with Crippen molar-refractivity contribution in [2.75, 3.05) is 0 Å². The zero-order valence-electron chi connectivity index (χ0n) is 16.7. The first-order valence-electron chi connectivity index (χ1n) is 9.63. The van der Waals surface area contributed by atoms with Crippen molar-refractivity contribution in [3.63, 3.8) is 0 Å². The van der Waals surface area contributed by atoms with Crippen LogP contribution in [-0.2, 0) is 0 Å². The van der Waals surface area contributed by atoms with Gasteiger partial charge in [0.05, 0.1) is 31.7 Å². The summed E-state index contributed by atoms with van der Waals surface area (Å²) < 4.78 is 6.67. The van der Waals surface area contributed by atoms with Crippen LogP contribution in [0.1, 0.15) is 0 Å². The molecule has 5 rings (SSSR count). The van der Waals surface area contributed by atoms with Crippen molar-refractivity contribution in [3.05, 3.63) is 93.0 Å². The number of aromatic hydroxyl groups is 1. The van der Waals surface area contributed by atoms with Gasteiger partial charge >= 0.3 is 5.69 Å². The van der Waals surface area contributed by atoms with E-state index in [4.69, 9.17) is 4.74 Å². The summed E-state index contributed by atoms with van der Waals surface area (Å²) in [5, 5.41) is 35.1. The van der Waals surface area contributed by atoms with E-state index in [1.807, 2.05) is 24.3 Å². The molecule has 0 bridgehead atoms. The van der Waals surface area contributed by atoms with Gasteiger partial charge in [-0.2, -0.15) is 0 Å². The molecule has 1 aromatic heterocycles. The molecule has 0 spiro atoms. The van der Waals surface area contributed by atoms with E-state index in [-0.39, 0.29) is 17.2 Å². The second-order valence-electron chi connectivity index (χ2n) is 7.10. The summed E-state index contributed by atoms with van der Waals surface area (Å²) in [6.45, 7) is 0. The Bertz CT molecular complexity index is 1550. The smallest absolute Gasteiger partial charge is 0.318 e. The molecule has 0 atom stereocenters. The summed E-state index contributed by atoms with van der Waals surface area (Å²) in [7, 11) is 0. The van der Waals surface area contributed by atoms with Gasteiger partial charge in [0.25, 0.3) is 5.69 Å². The summed E-state index contributed by atoms with van der Waals surface area (Å²) >= 11 is 1.48. The van der Waals surface area contributed by atoms with E-state index in [1.165, 1.54) is 17.4 Å². The number of hydrogen-bond donors (Lipinski definition) is 1. The van der Waals surface area contributed by atoms with Gasteiger partial charge in [0.15, 0.2) is 0 Å². The van der Waals surface area contributed by atoms with Crippen LogP contribution < -0.4 is 4.74 Å². The number of rotatable bonds is 5. The fourth-order valence-electron chi connectivity index (χ4n) is 3.49. The molecule has 0 aliphatic heterocycles. The highest BCUT2D eigenvalue weighted by atomic mass is 32.1. The van der Waals surface area contributed by atoms with Gasteiger partial charge in [-0.3, -0.25) is 20.2 Å². The topological polar surface area (TPSA) is 129 Å². The number of ether oxygens (including phenoxy) is 1. The molecule has 33 heavy (non-hydrogen) atoms. The third kappa shape index (κ3) is 3.68. The fourth-order valence-corrected chi connectivity index (χ4v) is 4.48. The van der Waals surface area contributed by atoms with Crippen molar-refractivity contribution in [1.82, 2.24) is 4.98 Å². The van der Waals surface area contributed by atoms with Crippen LogP contribution in [0.2, 0.25) is 0 Å². The summed E-state index contributed by atoms with van der Waals surface area (Å²) in [5.74, 6) is 0.228. The second-order valence-corrected chi connectivity index (χ2v) is 8.13. The van der Waals surface area contributed by atoms with Crippen LogP contribution in [0.15, 0.2) is 72.8 Å². The van der Waals surface area contributed by atoms with Gasteiger partial charge in [0.2, 0.25) is 5.75 Å². The van der Waals surface area contributed by atoms with E-state index in [2.05, 4.69) is 4.98 Å². The highest BCUT2D eigenvalue weighted by molar-refractivity contribution is 7.21. The highest BCUT2D eigenvalue weighted by Crippen LogP contribution is 2.41. The Morgan fingerprint density at radius 1 is 0.909 bits per heavy atom.